The van der Waals surface area contributed by atoms with Gasteiger partial charge in [0.05, 0.1) is 32.4 Å². The predicted molar refractivity (Wildman–Crippen MR) is 192 cm³/mol. The molecule has 2 fully saturated rings. The Kier molecular flexibility index (Phi) is 13.1. The summed E-state index contributed by atoms with van der Waals surface area (Å²) in [6, 6.07) is 30.8. The number of piperazine rings is 1. The standard InChI is InChI=1S/C40H47N5O6/c1-2-20-45-34(29-48-36(46)25-43-21-23-44(24-22-43)35-18-19-41-30-42-35)37(49-26-31-12-6-3-7-13-31)38(50-27-32-14-8-4-9-15-32)39(40(45)47)51-28-33-16-10-5-11-17-33/h3-19,30,34,37-39H,2,20-29H2,1H3/t34-,37-,38-,39-/m1/s1. The second kappa shape index (κ2) is 18.5. The summed E-state index contributed by atoms with van der Waals surface area (Å²) in [7, 11) is 0. The molecule has 2 aliphatic heterocycles. The Morgan fingerprint density at radius 2 is 1.31 bits per heavy atom. The van der Waals surface area contributed by atoms with Crippen molar-refractivity contribution in [2.75, 3.05) is 50.8 Å². The topological polar surface area (TPSA) is 107 Å². The molecule has 2 saturated heterocycles. The molecule has 0 saturated carbocycles. The van der Waals surface area contributed by atoms with Gasteiger partial charge in [0.15, 0.2) is 6.10 Å². The van der Waals surface area contributed by atoms with E-state index in [-0.39, 0.29) is 44.8 Å². The van der Waals surface area contributed by atoms with Crippen LogP contribution >= 0.6 is 0 Å². The van der Waals surface area contributed by atoms with Gasteiger partial charge in [-0.2, -0.15) is 0 Å². The van der Waals surface area contributed by atoms with Crippen molar-refractivity contribution in [2.24, 2.45) is 0 Å². The molecule has 2 aliphatic rings. The van der Waals surface area contributed by atoms with Crippen LogP contribution in [0.3, 0.4) is 0 Å². The molecule has 0 unspecified atom stereocenters. The van der Waals surface area contributed by atoms with Gasteiger partial charge < -0.3 is 28.7 Å². The Hall–Kier alpha value is -4.68. The molecule has 6 rings (SSSR count). The van der Waals surface area contributed by atoms with Crippen molar-refractivity contribution in [2.45, 2.75) is 57.5 Å². The van der Waals surface area contributed by atoms with Gasteiger partial charge in [0.1, 0.15) is 31.0 Å². The molecule has 1 aromatic heterocycles. The summed E-state index contributed by atoms with van der Waals surface area (Å²) >= 11 is 0. The monoisotopic (exact) mass is 693 g/mol. The van der Waals surface area contributed by atoms with Gasteiger partial charge in [-0.15, -0.1) is 0 Å². The minimum absolute atomic E-state index is 0.0263. The highest BCUT2D eigenvalue weighted by Crippen LogP contribution is 2.30. The van der Waals surface area contributed by atoms with E-state index in [1.807, 2.05) is 104 Å². The van der Waals surface area contributed by atoms with Crippen LogP contribution in [0.1, 0.15) is 30.0 Å². The van der Waals surface area contributed by atoms with Crippen molar-refractivity contribution >= 4 is 17.7 Å². The van der Waals surface area contributed by atoms with Crippen LogP contribution < -0.4 is 4.90 Å². The van der Waals surface area contributed by atoms with Gasteiger partial charge in [0.25, 0.3) is 5.91 Å². The lowest BCUT2D eigenvalue weighted by atomic mass is 9.92. The number of hydrogen-bond acceptors (Lipinski definition) is 10. The summed E-state index contributed by atoms with van der Waals surface area (Å²) in [5, 5.41) is 0. The maximum atomic E-state index is 14.4. The number of rotatable bonds is 16. The zero-order valence-corrected chi connectivity index (χ0v) is 29.2. The molecule has 0 N–H and O–H groups in total. The smallest absolute Gasteiger partial charge is 0.320 e. The van der Waals surface area contributed by atoms with E-state index >= 15 is 0 Å². The summed E-state index contributed by atoms with van der Waals surface area (Å²) in [6.07, 6.45) is 1.64. The number of likely N-dealkylation sites (tertiary alicyclic amines) is 1. The van der Waals surface area contributed by atoms with Crippen molar-refractivity contribution < 1.29 is 28.5 Å². The van der Waals surface area contributed by atoms with Crippen molar-refractivity contribution in [1.82, 2.24) is 19.8 Å². The minimum Gasteiger partial charge on any atom is -0.462 e. The number of carbonyl (C=O) groups excluding carboxylic acids is 2. The zero-order chi connectivity index (χ0) is 35.3. The second-order valence-corrected chi connectivity index (χ2v) is 12.9. The highest BCUT2D eigenvalue weighted by molar-refractivity contribution is 5.83. The van der Waals surface area contributed by atoms with Gasteiger partial charge in [0.2, 0.25) is 0 Å². The summed E-state index contributed by atoms with van der Waals surface area (Å²) in [5.74, 6) is 0.328. The van der Waals surface area contributed by atoms with Gasteiger partial charge in [-0.3, -0.25) is 14.5 Å². The van der Waals surface area contributed by atoms with Crippen LogP contribution in [0.5, 0.6) is 0 Å². The molecular formula is C40H47N5O6. The lowest BCUT2D eigenvalue weighted by Gasteiger charge is -2.47. The Labute approximate surface area is 300 Å². The first-order valence-corrected chi connectivity index (χ1v) is 17.7. The Morgan fingerprint density at radius 1 is 0.745 bits per heavy atom. The third-order valence-corrected chi connectivity index (χ3v) is 9.27. The van der Waals surface area contributed by atoms with Gasteiger partial charge >= 0.3 is 5.97 Å². The molecule has 0 spiro atoms. The number of nitrogens with zero attached hydrogens (tertiary/aromatic N) is 5. The normalized spacial score (nSPS) is 21.1. The molecule has 3 heterocycles. The fraction of sp³-hybridized carbons (Fsp3) is 0.400. The van der Waals surface area contributed by atoms with Gasteiger partial charge in [-0.1, -0.05) is 97.9 Å². The molecule has 4 aromatic rings. The number of anilines is 1. The number of hydrogen-bond donors (Lipinski definition) is 0. The highest BCUT2D eigenvalue weighted by Gasteiger charge is 2.51. The first-order chi connectivity index (χ1) is 25.1. The number of esters is 1. The van der Waals surface area contributed by atoms with Crippen LogP contribution in [0.2, 0.25) is 0 Å². The summed E-state index contributed by atoms with van der Waals surface area (Å²) < 4.78 is 25.8. The van der Waals surface area contributed by atoms with E-state index in [2.05, 4.69) is 19.8 Å². The van der Waals surface area contributed by atoms with E-state index in [9.17, 15) is 9.59 Å². The fourth-order valence-electron chi connectivity index (χ4n) is 6.60. The number of piperidine rings is 1. The molecule has 11 nitrogen and oxygen atoms in total. The molecule has 3 aromatic carbocycles. The lowest BCUT2D eigenvalue weighted by molar-refractivity contribution is -0.213. The van der Waals surface area contributed by atoms with Crippen LogP contribution in [0.4, 0.5) is 5.82 Å². The molecule has 4 atom stereocenters. The van der Waals surface area contributed by atoms with Crippen molar-refractivity contribution in [3.63, 3.8) is 0 Å². The molecular weight excluding hydrogens is 646 g/mol. The predicted octanol–water partition coefficient (Wildman–Crippen LogP) is 4.52. The maximum Gasteiger partial charge on any atom is 0.320 e. The largest absolute Gasteiger partial charge is 0.462 e. The number of carbonyl (C=O) groups is 2. The lowest BCUT2D eigenvalue weighted by Crippen LogP contribution is -2.67. The fourth-order valence-corrected chi connectivity index (χ4v) is 6.60. The summed E-state index contributed by atoms with van der Waals surface area (Å²) in [5.41, 5.74) is 2.90. The van der Waals surface area contributed by atoms with Crippen molar-refractivity contribution in [1.29, 1.82) is 0 Å². The van der Waals surface area contributed by atoms with E-state index in [0.717, 1.165) is 35.6 Å². The molecule has 51 heavy (non-hydrogen) atoms. The van der Waals surface area contributed by atoms with E-state index in [0.29, 0.717) is 26.1 Å². The van der Waals surface area contributed by atoms with Gasteiger partial charge in [-0.25, -0.2) is 9.97 Å². The number of amides is 1. The Morgan fingerprint density at radius 3 is 1.86 bits per heavy atom. The Balaban J connectivity index is 1.20. The van der Waals surface area contributed by atoms with Crippen LogP contribution in [-0.2, 0) is 48.4 Å². The first kappa shape index (κ1) is 36.1. The van der Waals surface area contributed by atoms with Crippen LogP contribution in [0.15, 0.2) is 110 Å². The molecule has 0 aliphatic carbocycles. The van der Waals surface area contributed by atoms with Crippen molar-refractivity contribution in [3.8, 4) is 0 Å². The maximum absolute atomic E-state index is 14.4. The van der Waals surface area contributed by atoms with Gasteiger partial charge in [-0.05, 0) is 29.2 Å². The molecule has 0 radical (unpaired) electrons. The van der Waals surface area contributed by atoms with Crippen LogP contribution in [0.25, 0.3) is 0 Å². The van der Waals surface area contributed by atoms with E-state index in [1.165, 1.54) is 0 Å². The van der Waals surface area contributed by atoms with E-state index < -0.39 is 24.4 Å². The number of benzene rings is 3. The van der Waals surface area contributed by atoms with Gasteiger partial charge in [0, 0.05) is 38.9 Å². The second-order valence-electron chi connectivity index (χ2n) is 12.9. The molecule has 11 heteroatoms. The van der Waals surface area contributed by atoms with Crippen LogP contribution in [-0.4, -0.2) is 102 Å². The average molecular weight is 694 g/mol. The summed E-state index contributed by atoms with van der Waals surface area (Å²) in [6.45, 7) is 6.26. The highest BCUT2D eigenvalue weighted by atomic mass is 16.6. The first-order valence-electron chi connectivity index (χ1n) is 17.7. The quantitative estimate of drug-likeness (QED) is 0.156. The average Bonchev–Trinajstić information content (AvgIpc) is 3.18. The number of ether oxygens (including phenoxy) is 4. The molecule has 1 amide bonds. The zero-order valence-electron chi connectivity index (χ0n) is 29.2. The molecule has 0 bridgehead atoms. The van der Waals surface area contributed by atoms with Crippen molar-refractivity contribution in [3.05, 3.63) is 126 Å². The number of aromatic nitrogens is 2. The molecule has 268 valence electrons. The van der Waals surface area contributed by atoms with Crippen LogP contribution in [0, 0.1) is 0 Å². The van der Waals surface area contributed by atoms with E-state index in [4.69, 9.17) is 18.9 Å². The SMILES string of the molecule is CCCN1C(=O)[C@H](OCc2ccccc2)[C@H](OCc2ccccc2)[C@H](OCc2ccccc2)[C@H]1COC(=O)CN1CCN(c2ccncn2)CC1. The Bertz CT molecular complexity index is 1630. The summed E-state index contributed by atoms with van der Waals surface area (Å²) in [4.78, 5) is 42.1. The third kappa shape index (κ3) is 9.98. The minimum atomic E-state index is -0.931. The third-order valence-electron chi connectivity index (χ3n) is 9.27. The van der Waals surface area contributed by atoms with E-state index in [1.54, 1.807) is 17.4 Å².